The van der Waals surface area contributed by atoms with Gasteiger partial charge >= 0.3 is 0 Å². The van der Waals surface area contributed by atoms with E-state index in [0.717, 1.165) is 24.3 Å². The van der Waals surface area contributed by atoms with Crippen molar-refractivity contribution in [2.45, 2.75) is 70.4 Å². The van der Waals surface area contributed by atoms with Crippen molar-refractivity contribution in [2.24, 2.45) is 5.92 Å². The van der Waals surface area contributed by atoms with Crippen LogP contribution in [0.4, 0.5) is 0 Å². The molecule has 2 aliphatic rings. The minimum atomic E-state index is 0.184. The standard InChI is InChI=1S/C23H38N2O/c1-5-7-19-14-17-25(18-19)21-12-15-23(16-13-21,24(3)4)20-8-10-22(11-9-20)26-6-2/h8-11,19,21H,5-7,12-18H2,1-4H3. The lowest BCUT2D eigenvalue weighted by Crippen LogP contribution is -2.48. The minimum Gasteiger partial charge on any atom is -0.494 e. The normalized spacial score (nSPS) is 30.0. The van der Waals surface area contributed by atoms with Gasteiger partial charge in [-0.15, -0.1) is 0 Å². The summed E-state index contributed by atoms with van der Waals surface area (Å²) in [6, 6.07) is 9.67. The first kappa shape index (κ1) is 19.7. The van der Waals surface area contributed by atoms with Crippen LogP contribution in [0, 0.1) is 5.92 Å². The molecule has 146 valence electrons. The Kier molecular flexibility index (Phi) is 6.63. The topological polar surface area (TPSA) is 15.7 Å². The maximum Gasteiger partial charge on any atom is 0.119 e. The van der Waals surface area contributed by atoms with Gasteiger partial charge in [0.25, 0.3) is 0 Å². The number of hydrogen-bond acceptors (Lipinski definition) is 3. The van der Waals surface area contributed by atoms with Crippen molar-refractivity contribution in [2.75, 3.05) is 33.8 Å². The lowest BCUT2D eigenvalue weighted by molar-refractivity contribution is 0.0554. The summed E-state index contributed by atoms with van der Waals surface area (Å²) < 4.78 is 5.64. The van der Waals surface area contributed by atoms with Gasteiger partial charge in [-0.1, -0.05) is 25.5 Å². The van der Waals surface area contributed by atoms with Crippen LogP contribution in [0.1, 0.15) is 64.4 Å². The van der Waals surface area contributed by atoms with Crippen molar-refractivity contribution >= 4 is 0 Å². The molecule has 3 heteroatoms. The number of rotatable bonds is 7. The summed E-state index contributed by atoms with van der Waals surface area (Å²) in [5, 5.41) is 0. The van der Waals surface area contributed by atoms with Crippen LogP contribution in [-0.4, -0.2) is 49.6 Å². The van der Waals surface area contributed by atoms with Gasteiger partial charge in [0.2, 0.25) is 0 Å². The largest absolute Gasteiger partial charge is 0.494 e. The predicted molar refractivity (Wildman–Crippen MR) is 110 cm³/mol. The maximum atomic E-state index is 5.64. The smallest absolute Gasteiger partial charge is 0.119 e. The molecule has 1 aliphatic carbocycles. The Labute approximate surface area is 160 Å². The summed E-state index contributed by atoms with van der Waals surface area (Å²) >= 11 is 0. The Morgan fingerprint density at radius 2 is 1.77 bits per heavy atom. The Hall–Kier alpha value is -1.06. The van der Waals surface area contributed by atoms with E-state index in [1.165, 1.54) is 63.6 Å². The van der Waals surface area contributed by atoms with Crippen LogP contribution in [0.5, 0.6) is 5.75 Å². The van der Waals surface area contributed by atoms with Crippen molar-refractivity contribution in [3.05, 3.63) is 29.8 Å². The molecule has 1 saturated heterocycles. The van der Waals surface area contributed by atoms with E-state index in [1.54, 1.807) is 0 Å². The first-order valence-corrected chi connectivity index (χ1v) is 10.7. The SMILES string of the molecule is CCCC1CCN(C2CCC(c3ccc(OCC)cc3)(N(C)C)CC2)C1. The predicted octanol–water partition coefficient (Wildman–Crippen LogP) is 4.91. The molecule has 0 aromatic heterocycles. The molecule has 1 unspecified atom stereocenters. The van der Waals surface area contributed by atoms with Crippen LogP contribution in [0.2, 0.25) is 0 Å². The maximum absolute atomic E-state index is 5.64. The van der Waals surface area contributed by atoms with Crippen LogP contribution >= 0.6 is 0 Å². The second kappa shape index (κ2) is 8.75. The van der Waals surface area contributed by atoms with Crippen molar-refractivity contribution in [1.29, 1.82) is 0 Å². The molecule has 1 aromatic rings. The molecule has 1 heterocycles. The molecule has 0 spiro atoms. The molecular weight excluding hydrogens is 320 g/mol. The molecule has 1 saturated carbocycles. The highest BCUT2D eigenvalue weighted by atomic mass is 16.5. The van der Waals surface area contributed by atoms with Crippen molar-refractivity contribution in [1.82, 2.24) is 9.80 Å². The van der Waals surface area contributed by atoms with Gasteiger partial charge in [0.05, 0.1) is 6.61 Å². The monoisotopic (exact) mass is 358 g/mol. The fourth-order valence-corrected chi connectivity index (χ4v) is 5.31. The summed E-state index contributed by atoms with van der Waals surface area (Å²) in [4.78, 5) is 5.26. The highest BCUT2D eigenvalue weighted by Crippen LogP contribution is 2.43. The Morgan fingerprint density at radius 1 is 1.08 bits per heavy atom. The van der Waals surface area contributed by atoms with Gasteiger partial charge in [-0.05, 0) is 89.7 Å². The average Bonchev–Trinajstić information content (AvgIpc) is 3.11. The number of benzene rings is 1. The van der Waals surface area contributed by atoms with E-state index < -0.39 is 0 Å². The first-order valence-electron chi connectivity index (χ1n) is 10.7. The zero-order valence-electron chi connectivity index (χ0n) is 17.3. The van der Waals surface area contributed by atoms with E-state index in [4.69, 9.17) is 4.74 Å². The van der Waals surface area contributed by atoms with E-state index >= 15 is 0 Å². The quantitative estimate of drug-likeness (QED) is 0.689. The van der Waals surface area contributed by atoms with Crippen LogP contribution in [0.25, 0.3) is 0 Å². The van der Waals surface area contributed by atoms with Gasteiger partial charge in [-0.2, -0.15) is 0 Å². The molecule has 3 rings (SSSR count). The lowest BCUT2D eigenvalue weighted by Gasteiger charge is -2.47. The molecule has 0 bridgehead atoms. The Bertz CT molecular complexity index is 546. The zero-order valence-corrected chi connectivity index (χ0v) is 17.3. The summed E-state index contributed by atoms with van der Waals surface area (Å²) in [7, 11) is 4.51. The number of hydrogen-bond donors (Lipinski definition) is 0. The van der Waals surface area contributed by atoms with Gasteiger partial charge in [-0.25, -0.2) is 0 Å². The van der Waals surface area contributed by atoms with Crippen LogP contribution < -0.4 is 4.74 Å². The number of nitrogens with zero attached hydrogens (tertiary/aromatic N) is 2. The van der Waals surface area contributed by atoms with Gasteiger partial charge in [0.15, 0.2) is 0 Å². The second-order valence-corrected chi connectivity index (χ2v) is 8.55. The summed E-state index contributed by atoms with van der Waals surface area (Å²) in [5.74, 6) is 1.93. The molecule has 0 radical (unpaired) electrons. The van der Waals surface area contributed by atoms with Gasteiger partial charge < -0.3 is 9.64 Å². The van der Waals surface area contributed by atoms with Crippen molar-refractivity contribution in [3.8, 4) is 5.75 Å². The highest BCUT2D eigenvalue weighted by Gasteiger charge is 2.41. The van der Waals surface area contributed by atoms with E-state index in [9.17, 15) is 0 Å². The van der Waals surface area contributed by atoms with E-state index in [2.05, 4.69) is 55.1 Å². The molecule has 1 aliphatic heterocycles. The minimum absolute atomic E-state index is 0.184. The molecule has 1 aromatic carbocycles. The fourth-order valence-electron chi connectivity index (χ4n) is 5.31. The molecule has 26 heavy (non-hydrogen) atoms. The Balaban J connectivity index is 1.65. The number of ether oxygens (including phenoxy) is 1. The van der Waals surface area contributed by atoms with Crippen LogP contribution in [0.15, 0.2) is 24.3 Å². The zero-order chi connectivity index (χ0) is 18.6. The molecule has 3 nitrogen and oxygen atoms in total. The second-order valence-electron chi connectivity index (χ2n) is 8.55. The van der Waals surface area contributed by atoms with Gasteiger partial charge in [0, 0.05) is 18.1 Å². The molecule has 0 amide bonds. The summed E-state index contributed by atoms with van der Waals surface area (Å²) in [6.45, 7) is 7.77. The third-order valence-electron chi connectivity index (χ3n) is 6.87. The van der Waals surface area contributed by atoms with Crippen molar-refractivity contribution < 1.29 is 4.74 Å². The Morgan fingerprint density at radius 3 is 2.35 bits per heavy atom. The van der Waals surface area contributed by atoms with Gasteiger partial charge in [0.1, 0.15) is 5.75 Å². The average molecular weight is 359 g/mol. The highest BCUT2D eigenvalue weighted by molar-refractivity contribution is 5.32. The third-order valence-corrected chi connectivity index (χ3v) is 6.87. The number of likely N-dealkylation sites (tertiary alicyclic amines) is 1. The van der Waals surface area contributed by atoms with E-state index in [0.29, 0.717) is 0 Å². The van der Waals surface area contributed by atoms with Gasteiger partial charge in [-0.3, -0.25) is 4.90 Å². The van der Waals surface area contributed by atoms with E-state index in [-0.39, 0.29) is 5.54 Å². The fraction of sp³-hybridized carbons (Fsp3) is 0.739. The van der Waals surface area contributed by atoms with Crippen LogP contribution in [0.3, 0.4) is 0 Å². The molecule has 1 atom stereocenters. The first-order chi connectivity index (χ1) is 12.6. The summed E-state index contributed by atoms with van der Waals surface area (Å²) in [5.41, 5.74) is 1.64. The molecular formula is C23H38N2O. The molecule has 0 N–H and O–H groups in total. The van der Waals surface area contributed by atoms with Crippen LogP contribution in [-0.2, 0) is 5.54 Å². The van der Waals surface area contributed by atoms with Crippen molar-refractivity contribution in [3.63, 3.8) is 0 Å². The summed E-state index contributed by atoms with van der Waals surface area (Å²) in [6.07, 6.45) is 9.33. The lowest BCUT2D eigenvalue weighted by atomic mass is 9.73. The molecule has 2 fully saturated rings. The third kappa shape index (κ3) is 4.09. The van der Waals surface area contributed by atoms with E-state index in [1.807, 2.05) is 6.92 Å².